The van der Waals surface area contributed by atoms with E-state index in [4.69, 9.17) is 0 Å². The molecule has 18 heavy (non-hydrogen) atoms. The Hall–Kier alpha value is -1.20. The summed E-state index contributed by atoms with van der Waals surface area (Å²) in [6.07, 6.45) is 1.60. The molecule has 0 saturated heterocycles. The highest BCUT2D eigenvalue weighted by molar-refractivity contribution is 9.10. The number of hydrogen-bond acceptors (Lipinski definition) is 2. The molecule has 1 N–H and O–H groups in total. The summed E-state index contributed by atoms with van der Waals surface area (Å²) in [4.78, 5) is 15.9. The zero-order valence-electron chi connectivity index (χ0n) is 9.36. The number of carbonyl (C=O) groups excluding carboxylic acids is 1. The van der Waals surface area contributed by atoms with Crippen molar-refractivity contribution in [3.63, 3.8) is 0 Å². The summed E-state index contributed by atoms with van der Waals surface area (Å²) in [6, 6.07) is 11.4. The van der Waals surface area contributed by atoms with Crippen molar-refractivity contribution >= 4 is 37.8 Å². The van der Waals surface area contributed by atoms with Crippen LogP contribution in [-0.2, 0) is 6.54 Å². The third kappa shape index (κ3) is 3.40. The number of aromatic nitrogens is 1. The molecule has 2 aromatic rings. The number of halogens is 2. The molecule has 1 aromatic carbocycles. The fourth-order valence-corrected chi connectivity index (χ4v) is 2.35. The second-order valence-corrected chi connectivity index (χ2v) is 5.42. The van der Waals surface area contributed by atoms with Crippen molar-refractivity contribution in [1.82, 2.24) is 10.3 Å². The van der Waals surface area contributed by atoms with Gasteiger partial charge in [0.2, 0.25) is 0 Å². The van der Waals surface area contributed by atoms with E-state index < -0.39 is 0 Å². The Bertz CT molecular complexity index is 572. The number of benzene rings is 1. The number of rotatable bonds is 3. The molecule has 1 aromatic heterocycles. The van der Waals surface area contributed by atoms with Crippen molar-refractivity contribution in [3.8, 4) is 0 Å². The average molecular weight is 370 g/mol. The molecule has 0 aliphatic heterocycles. The lowest BCUT2D eigenvalue weighted by Gasteiger charge is -2.06. The van der Waals surface area contributed by atoms with Crippen molar-refractivity contribution in [2.75, 3.05) is 0 Å². The molecule has 1 amide bonds. The van der Waals surface area contributed by atoms with E-state index in [-0.39, 0.29) is 5.91 Å². The maximum absolute atomic E-state index is 11.9. The van der Waals surface area contributed by atoms with Crippen molar-refractivity contribution < 1.29 is 4.79 Å². The molecule has 2 rings (SSSR count). The molecule has 0 bridgehead atoms. The Labute approximate surface area is 122 Å². The van der Waals surface area contributed by atoms with Crippen LogP contribution in [0, 0.1) is 0 Å². The second-order valence-electron chi connectivity index (χ2n) is 3.65. The maximum Gasteiger partial charge on any atom is 0.271 e. The molecule has 0 fully saturated rings. The molecule has 0 radical (unpaired) electrons. The molecule has 5 heteroatoms. The van der Waals surface area contributed by atoms with Gasteiger partial charge in [-0.25, -0.2) is 4.98 Å². The zero-order chi connectivity index (χ0) is 13.0. The topological polar surface area (TPSA) is 42.0 Å². The predicted molar refractivity (Wildman–Crippen MR) is 77.2 cm³/mol. The van der Waals surface area contributed by atoms with E-state index >= 15 is 0 Å². The van der Waals surface area contributed by atoms with Gasteiger partial charge in [0.05, 0.1) is 0 Å². The van der Waals surface area contributed by atoms with Gasteiger partial charge in [0.1, 0.15) is 5.69 Å². The van der Waals surface area contributed by atoms with Crippen molar-refractivity contribution in [2.45, 2.75) is 6.54 Å². The second kappa shape index (κ2) is 6.11. The van der Waals surface area contributed by atoms with E-state index in [2.05, 4.69) is 42.2 Å². The van der Waals surface area contributed by atoms with Gasteiger partial charge in [-0.2, -0.15) is 0 Å². The molecule has 0 aliphatic rings. The summed E-state index contributed by atoms with van der Waals surface area (Å²) in [5, 5.41) is 2.83. The molecule has 3 nitrogen and oxygen atoms in total. The van der Waals surface area contributed by atoms with Crippen LogP contribution in [0.5, 0.6) is 0 Å². The Morgan fingerprint density at radius 1 is 1.22 bits per heavy atom. The third-order valence-electron chi connectivity index (χ3n) is 2.32. The quantitative estimate of drug-likeness (QED) is 0.899. The first-order valence-electron chi connectivity index (χ1n) is 5.30. The predicted octanol–water partition coefficient (Wildman–Crippen LogP) is 3.54. The van der Waals surface area contributed by atoms with Crippen LogP contribution >= 0.6 is 31.9 Å². The van der Waals surface area contributed by atoms with E-state index in [1.165, 1.54) is 0 Å². The molecular weight excluding hydrogens is 360 g/mol. The van der Waals surface area contributed by atoms with Crippen LogP contribution in [0.15, 0.2) is 51.5 Å². The zero-order valence-corrected chi connectivity index (χ0v) is 12.5. The lowest BCUT2D eigenvalue weighted by atomic mass is 10.2. The van der Waals surface area contributed by atoms with Crippen LogP contribution in [0.2, 0.25) is 0 Å². The van der Waals surface area contributed by atoms with Crippen LogP contribution < -0.4 is 5.32 Å². The van der Waals surface area contributed by atoms with Gasteiger partial charge >= 0.3 is 0 Å². The summed E-state index contributed by atoms with van der Waals surface area (Å²) in [7, 11) is 0. The van der Waals surface area contributed by atoms with Crippen LogP contribution in [0.25, 0.3) is 0 Å². The summed E-state index contributed by atoms with van der Waals surface area (Å²) in [5.41, 5.74) is 1.43. The van der Waals surface area contributed by atoms with Gasteiger partial charge in [-0.3, -0.25) is 4.79 Å². The SMILES string of the molecule is O=C(NCc1cccc(Br)c1)c1ncccc1Br. The molecule has 92 valence electrons. The Kier molecular flexibility index (Phi) is 4.49. The van der Waals surface area contributed by atoms with Crippen LogP contribution in [-0.4, -0.2) is 10.9 Å². The van der Waals surface area contributed by atoms with Crippen LogP contribution in [0.3, 0.4) is 0 Å². The van der Waals surface area contributed by atoms with Gasteiger partial charge in [-0.1, -0.05) is 28.1 Å². The number of nitrogens with one attached hydrogen (secondary N) is 1. The fraction of sp³-hybridized carbons (Fsp3) is 0.0769. The minimum absolute atomic E-state index is 0.192. The highest BCUT2D eigenvalue weighted by atomic mass is 79.9. The highest BCUT2D eigenvalue weighted by Crippen LogP contribution is 2.14. The van der Waals surface area contributed by atoms with Crippen molar-refractivity contribution in [1.29, 1.82) is 0 Å². The average Bonchev–Trinajstić information content (AvgIpc) is 2.37. The number of amides is 1. The number of carbonyl (C=O) groups is 1. The monoisotopic (exact) mass is 368 g/mol. The van der Waals surface area contributed by atoms with Gasteiger partial charge in [0.25, 0.3) is 5.91 Å². The van der Waals surface area contributed by atoms with Crippen molar-refractivity contribution in [3.05, 3.63) is 62.8 Å². The number of nitrogens with zero attached hydrogens (tertiary/aromatic N) is 1. The molecule has 0 spiro atoms. The van der Waals surface area contributed by atoms with Crippen LogP contribution in [0.1, 0.15) is 16.1 Å². The minimum atomic E-state index is -0.192. The van der Waals surface area contributed by atoms with Gasteiger partial charge in [-0.05, 0) is 45.8 Å². The van der Waals surface area contributed by atoms with E-state index in [1.807, 2.05) is 24.3 Å². The molecular formula is C13H10Br2N2O. The van der Waals surface area contributed by atoms with E-state index in [9.17, 15) is 4.79 Å². The van der Waals surface area contributed by atoms with E-state index in [1.54, 1.807) is 18.3 Å². The molecule has 1 heterocycles. The van der Waals surface area contributed by atoms with Gasteiger partial charge in [0, 0.05) is 21.7 Å². The highest BCUT2D eigenvalue weighted by Gasteiger charge is 2.10. The maximum atomic E-state index is 11.9. The first-order chi connectivity index (χ1) is 8.66. The number of pyridine rings is 1. The Balaban J connectivity index is 2.03. The molecule has 0 aliphatic carbocycles. The lowest BCUT2D eigenvalue weighted by Crippen LogP contribution is -2.24. The van der Waals surface area contributed by atoms with Crippen molar-refractivity contribution in [2.24, 2.45) is 0 Å². The Morgan fingerprint density at radius 2 is 2.06 bits per heavy atom. The largest absolute Gasteiger partial charge is 0.347 e. The smallest absolute Gasteiger partial charge is 0.271 e. The minimum Gasteiger partial charge on any atom is -0.347 e. The summed E-state index contributed by atoms with van der Waals surface area (Å²) in [5.74, 6) is -0.192. The fourth-order valence-electron chi connectivity index (χ4n) is 1.47. The number of hydrogen-bond donors (Lipinski definition) is 1. The normalized spacial score (nSPS) is 10.1. The van der Waals surface area contributed by atoms with Gasteiger partial charge in [0.15, 0.2) is 0 Å². The summed E-state index contributed by atoms with van der Waals surface area (Å²) >= 11 is 6.70. The summed E-state index contributed by atoms with van der Waals surface area (Å²) < 4.78 is 1.69. The van der Waals surface area contributed by atoms with Gasteiger partial charge in [-0.15, -0.1) is 0 Å². The lowest BCUT2D eigenvalue weighted by molar-refractivity contribution is 0.0945. The first kappa shape index (κ1) is 13.2. The third-order valence-corrected chi connectivity index (χ3v) is 3.45. The van der Waals surface area contributed by atoms with Crippen LogP contribution in [0.4, 0.5) is 0 Å². The molecule has 0 unspecified atom stereocenters. The van der Waals surface area contributed by atoms with E-state index in [0.29, 0.717) is 16.7 Å². The van der Waals surface area contributed by atoms with E-state index in [0.717, 1.165) is 10.0 Å². The first-order valence-corrected chi connectivity index (χ1v) is 6.88. The molecule has 0 saturated carbocycles. The summed E-state index contributed by atoms with van der Waals surface area (Å²) in [6.45, 7) is 0.473. The standard InChI is InChI=1S/C13H10Br2N2O/c14-10-4-1-3-9(7-10)8-17-13(18)12-11(15)5-2-6-16-12/h1-7H,8H2,(H,17,18). The molecule has 0 atom stereocenters. The Morgan fingerprint density at radius 3 is 2.78 bits per heavy atom. The van der Waals surface area contributed by atoms with Gasteiger partial charge < -0.3 is 5.32 Å².